The smallest absolute Gasteiger partial charge is 0.255 e. The van der Waals surface area contributed by atoms with Gasteiger partial charge in [0, 0.05) is 25.7 Å². The summed E-state index contributed by atoms with van der Waals surface area (Å²) >= 11 is 0. The van der Waals surface area contributed by atoms with Gasteiger partial charge < -0.3 is 19.8 Å². The van der Waals surface area contributed by atoms with E-state index in [0.717, 1.165) is 43.3 Å². The highest BCUT2D eigenvalue weighted by atomic mass is 16.5. The van der Waals surface area contributed by atoms with E-state index in [0.29, 0.717) is 18.9 Å². The molecule has 1 amide bonds. The summed E-state index contributed by atoms with van der Waals surface area (Å²) in [6, 6.07) is 1.93. The summed E-state index contributed by atoms with van der Waals surface area (Å²) < 4.78 is 5.31. The van der Waals surface area contributed by atoms with Gasteiger partial charge in [-0.15, -0.1) is 0 Å². The van der Waals surface area contributed by atoms with Crippen LogP contribution >= 0.6 is 0 Å². The van der Waals surface area contributed by atoms with Crippen molar-refractivity contribution in [2.75, 3.05) is 19.6 Å². The Bertz CT molecular complexity index is 610. The lowest BCUT2D eigenvalue weighted by atomic mass is 9.86. The number of nitrogens with zero attached hydrogens (tertiary/aromatic N) is 2. The third-order valence-corrected chi connectivity index (χ3v) is 6.12. The molecule has 0 unspecified atom stereocenters. The molecule has 1 saturated heterocycles. The first-order valence-corrected chi connectivity index (χ1v) is 10.7. The van der Waals surface area contributed by atoms with Crippen molar-refractivity contribution >= 4 is 5.91 Å². The van der Waals surface area contributed by atoms with E-state index in [9.17, 15) is 9.90 Å². The van der Waals surface area contributed by atoms with Crippen LogP contribution in [-0.4, -0.2) is 46.3 Å². The highest BCUT2D eigenvalue weighted by Crippen LogP contribution is 2.28. The van der Waals surface area contributed by atoms with E-state index in [4.69, 9.17) is 4.52 Å². The maximum absolute atomic E-state index is 12.9. The quantitative estimate of drug-likeness (QED) is 0.727. The van der Waals surface area contributed by atoms with E-state index >= 15 is 0 Å². The molecule has 0 bridgehead atoms. The maximum atomic E-state index is 12.9. The van der Waals surface area contributed by atoms with Crippen molar-refractivity contribution in [3.05, 3.63) is 17.5 Å². The SMILES string of the molecule is CC(C)c1cc(CNC[C@@]2(O)CCCN(CCC3CCCCC3)C2=O)on1. The highest BCUT2D eigenvalue weighted by Gasteiger charge is 2.41. The second-order valence-corrected chi connectivity index (χ2v) is 8.70. The fraction of sp³-hybridized carbons (Fsp3) is 0.810. The minimum Gasteiger partial charge on any atom is -0.379 e. The molecule has 1 aliphatic carbocycles. The van der Waals surface area contributed by atoms with Gasteiger partial charge in [-0.1, -0.05) is 51.1 Å². The van der Waals surface area contributed by atoms with Crippen molar-refractivity contribution in [3.8, 4) is 0 Å². The number of rotatable bonds is 8. The Labute approximate surface area is 162 Å². The van der Waals surface area contributed by atoms with Crippen LogP contribution in [0.4, 0.5) is 0 Å². The fourth-order valence-corrected chi connectivity index (χ4v) is 4.33. The van der Waals surface area contributed by atoms with Gasteiger partial charge >= 0.3 is 0 Å². The van der Waals surface area contributed by atoms with E-state index in [1.807, 2.05) is 11.0 Å². The fourth-order valence-electron chi connectivity index (χ4n) is 4.33. The zero-order chi connectivity index (χ0) is 19.3. The van der Waals surface area contributed by atoms with Crippen molar-refractivity contribution in [2.45, 2.75) is 83.3 Å². The maximum Gasteiger partial charge on any atom is 0.255 e. The summed E-state index contributed by atoms with van der Waals surface area (Å²) in [5.41, 5.74) is -0.376. The average molecular weight is 378 g/mol. The minimum absolute atomic E-state index is 0.113. The number of aromatic nitrogens is 1. The molecular weight excluding hydrogens is 342 g/mol. The van der Waals surface area contributed by atoms with Crippen LogP contribution in [0.3, 0.4) is 0 Å². The van der Waals surface area contributed by atoms with Crippen LogP contribution in [0.15, 0.2) is 10.6 Å². The number of amides is 1. The number of likely N-dealkylation sites (tertiary alicyclic amines) is 1. The Morgan fingerprint density at radius 1 is 1.33 bits per heavy atom. The lowest BCUT2D eigenvalue weighted by molar-refractivity contribution is -0.156. The van der Waals surface area contributed by atoms with Crippen molar-refractivity contribution < 1.29 is 14.4 Å². The topological polar surface area (TPSA) is 78.6 Å². The molecule has 0 aromatic carbocycles. The van der Waals surface area contributed by atoms with E-state index in [1.54, 1.807) is 0 Å². The molecule has 3 rings (SSSR count). The Hall–Kier alpha value is -1.40. The molecule has 1 saturated carbocycles. The first kappa shape index (κ1) is 20.3. The predicted molar refractivity (Wildman–Crippen MR) is 104 cm³/mol. The molecule has 0 radical (unpaired) electrons. The zero-order valence-electron chi connectivity index (χ0n) is 16.9. The molecule has 2 aliphatic rings. The molecule has 1 aliphatic heterocycles. The molecule has 1 aromatic rings. The third kappa shape index (κ3) is 5.32. The van der Waals surface area contributed by atoms with Crippen LogP contribution in [0.1, 0.15) is 82.6 Å². The molecule has 2 heterocycles. The van der Waals surface area contributed by atoms with Gasteiger partial charge in [-0.25, -0.2) is 0 Å². The Kier molecular flexibility index (Phi) is 6.93. The van der Waals surface area contributed by atoms with Crippen molar-refractivity contribution in [1.82, 2.24) is 15.4 Å². The second kappa shape index (κ2) is 9.20. The highest BCUT2D eigenvalue weighted by molar-refractivity contribution is 5.86. The van der Waals surface area contributed by atoms with E-state index in [2.05, 4.69) is 24.3 Å². The van der Waals surface area contributed by atoms with Crippen LogP contribution in [0.2, 0.25) is 0 Å². The van der Waals surface area contributed by atoms with E-state index < -0.39 is 5.60 Å². The van der Waals surface area contributed by atoms with Crippen LogP contribution in [-0.2, 0) is 11.3 Å². The first-order chi connectivity index (χ1) is 13.0. The number of piperidine rings is 1. The molecule has 1 aromatic heterocycles. The monoisotopic (exact) mass is 377 g/mol. The number of nitrogens with one attached hydrogen (secondary N) is 1. The van der Waals surface area contributed by atoms with E-state index in [1.165, 1.54) is 32.1 Å². The van der Waals surface area contributed by atoms with Gasteiger partial charge in [0.1, 0.15) is 0 Å². The molecule has 27 heavy (non-hydrogen) atoms. The number of hydrogen-bond donors (Lipinski definition) is 2. The summed E-state index contributed by atoms with van der Waals surface area (Å²) in [6.07, 6.45) is 9.05. The molecule has 1 atom stereocenters. The normalized spacial score (nSPS) is 24.7. The van der Waals surface area contributed by atoms with Gasteiger partial charge in [-0.2, -0.15) is 0 Å². The van der Waals surface area contributed by atoms with Gasteiger partial charge in [0.15, 0.2) is 11.4 Å². The van der Waals surface area contributed by atoms with Gasteiger partial charge in [0.2, 0.25) is 0 Å². The predicted octanol–water partition coefficient (Wildman–Crippen LogP) is 3.21. The zero-order valence-corrected chi connectivity index (χ0v) is 16.9. The molecule has 0 spiro atoms. The standard InChI is InChI=1S/C21H35N3O3/c1-16(2)19-13-18(27-23-19)14-22-15-21(26)10-6-11-24(20(21)25)12-9-17-7-4-3-5-8-17/h13,16-17,22,26H,3-12,14-15H2,1-2H3/t21-/m0/s1. The van der Waals surface area contributed by atoms with Gasteiger partial charge in [-0.05, 0) is 31.1 Å². The summed E-state index contributed by atoms with van der Waals surface area (Å²) in [6.45, 7) is 6.42. The third-order valence-electron chi connectivity index (χ3n) is 6.12. The number of carbonyl (C=O) groups excluding carboxylic acids is 1. The first-order valence-electron chi connectivity index (χ1n) is 10.7. The second-order valence-electron chi connectivity index (χ2n) is 8.70. The Morgan fingerprint density at radius 3 is 2.81 bits per heavy atom. The van der Waals surface area contributed by atoms with Crippen LogP contribution in [0, 0.1) is 5.92 Å². The lowest BCUT2D eigenvalue weighted by Gasteiger charge is -2.39. The Balaban J connectivity index is 1.47. The molecular formula is C21H35N3O3. The van der Waals surface area contributed by atoms with Crippen LogP contribution in [0.5, 0.6) is 0 Å². The summed E-state index contributed by atoms with van der Waals surface area (Å²) in [7, 11) is 0. The van der Waals surface area contributed by atoms with E-state index in [-0.39, 0.29) is 12.5 Å². The molecule has 6 nitrogen and oxygen atoms in total. The summed E-state index contributed by atoms with van der Waals surface area (Å²) in [5.74, 6) is 1.70. The van der Waals surface area contributed by atoms with Crippen molar-refractivity contribution in [1.29, 1.82) is 0 Å². The molecule has 152 valence electrons. The average Bonchev–Trinajstić information content (AvgIpc) is 3.13. The van der Waals surface area contributed by atoms with Crippen LogP contribution < -0.4 is 5.32 Å². The number of carbonyl (C=O) groups is 1. The number of aliphatic hydroxyl groups is 1. The molecule has 2 N–H and O–H groups in total. The van der Waals surface area contributed by atoms with Gasteiger partial charge in [-0.3, -0.25) is 4.79 Å². The summed E-state index contributed by atoms with van der Waals surface area (Å²) in [4.78, 5) is 14.7. The minimum atomic E-state index is -1.30. The van der Waals surface area contributed by atoms with Gasteiger partial charge in [0.05, 0.1) is 12.2 Å². The van der Waals surface area contributed by atoms with Crippen LogP contribution in [0.25, 0.3) is 0 Å². The molecule has 6 heteroatoms. The largest absolute Gasteiger partial charge is 0.379 e. The van der Waals surface area contributed by atoms with Crippen molar-refractivity contribution in [2.24, 2.45) is 5.92 Å². The lowest BCUT2D eigenvalue weighted by Crippen LogP contribution is -2.58. The van der Waals surface area contributed by atoms with Gasteiger partial charge in [0.25, 0.3) is 5.91 Å². The van der Waals surface area contributed by atoms with Crippen molar-refractivity contribution in [3.63, 3.8) is 0 Å². The number of hydrogen-bond acceptors (Lipinski definition) is 5. The Morgan fingerprint density at radius 2 is 2.11 bits per heavy atom. The molecule has 2 fully saturated rings. The summed E-state index contributed by atoms with van der Waals surface area (Å²) in [5, 5.41) is 18.1.